The Bertz CT molecular complexity index is 1710. The SMILES string of the molecule is CC(C)(C)Nc1oc2c(c1-c1c[nH]c3ccccc13)c(=O)oc1c3ccccc3ccc21. The van der Waals surface area contributed by atoms with Crippen molar-refractivity contribution >= 4 is 49.5 Å². The number of aromatic nitrogens is 1. The van der Waals surface area contributed by atoms with Gasteiger partial charge in [-0.05, 0) is 38.3 Å². The standard InChI is InChI=1S/C27H22N2O3/c1-27(2,3)29-25-21(19-14-28-20-11-7-6-10-17(19)20)22-24(31-25)18-13-12-15-8-4-5-9-16(15)23(18)32-26(22)30/h4-14,28-29H,1-3H3. The van der Waals surface area contributed by atoms with Crippen LogP contribution in [0.15, 0.2) is 80.5 Å². The van der Waals surface area contributed by atoms with E-state index in [1.54, 1.807) is 0 Å². The summed E-state index contributed by atoms with van der Waals surface area (Å²) in [5, 5.41) is 7.61. The molecule has 32 heavy (non-hydrogen) atoms. The molecule has 0 saturated carbocycles. The van der Waals surface area contributed by atoms with Gasteiger partial charge in [0.15, 0.2) is 5.58 Å². The fourth-order valence-electron chi connectivity index (χ4n) is 4.46. The maximum absolute atomic E-state index is 13.4. The van der Waals surface area contributed by atoms with Gasteiger partial charge < -0.3 is 19.1 Å². The van der Waals surface area contributed by atoms with Gasteiger partial charge in [-0.3, -0.25) is 0 Å². The van der Waals surface area contributed by atoms with E-state index in [9.17, 15) is 4.79 Å². The van der Waals surface area contributed by atoms with E-state index in [4.69, 9.17) is 8.83 Å². The second kappa shape index (κ2) is 6.50. The number of hydrogen-bond acceptors (Lipinski definition) is 4. The lowest BCUT2D eigenvalue weighted by Gasteiger charge is -2.20. The predicted octanol–water partition coefficient (Wildman–Crippen LogP) is 7.05. The summed E-state index contributed by atoms with van der Waals surface area (Å²) in [6.45, 7) is 6.19. The quantitative estimate of drug-likeness (QED) is 0.232. The van der Waals surface area contributed by atoms with E-state index in [-0.39, 0.29) is 5.54 Å². The van der Waals surface area contributed by atoms with E-state index in [0.717, 1.165) is 38.2 Å². The molecule has 0 aliphatic rings. The van der Waals surface area contributed by atoms with Crippen molar-refractivity contribution in [3.05, 3.63) is 77.3 Å². The van der Waals surface area contributed by atoms with Crippen molar-refractivity contribution in [2.24, 2.45) is 0 Å². The molecule has 5 nitrogen and oxygen atoms in total. The van der Waals surface area contributed by atoms with Crippen LogP contribution in [0.2, 0.25) is 0 Å². The van der Waals surface area contributed by atoms with Crippen LogP contribution < -0.4 is 10.9 Å². The van der Waals surface area contributed by atoms with Crippen LogP contribution in [0.3, 0.4) is 0 Å². The summed E-state index contributed by atoms with van der Waals surface area (Å²) in [4.78, 5) is 16.7. The van der Waals surface area contributed by atoms with Gasteiger partial charge >= 0.3 is 5.63 Å². The molecule has 0 aliphatic carbocycles. The molecule has 2 N–H and O–H groups in total. The fourth-order valence-corrected chi connectivity index (χ4v) is 4.46. The summed E-state index contributed by atoms with van der Waals surface area (Å²) in [6, 6.07) is 19.9. The lowest BCUT2D eigenvalue weighted by molar-refractivity contribution is 0.559. The number of benzene rings is 3. The maximum Gasteiger partial charge on any atom is 0.348 e. The van der Waals surface area contributed by atoms with Crippen LogP contribution in [0.1, 0.15) is 20.8 Å². The third-order valence-corrected chi connectivity index (χ3v) is 5.78. The number of hydrogen-bond donors (Lipinski definition) is 2. The van der Waals surface area contributed by atoms with Crippen molar-refractivity contribution in [1.29, 1.82) is 0 Å². The van der Waals surface area contributed by atoms with Crippen LogP contribution in [0, 0.1) is 0 Å². The first-order valence-corrected chi connectivity index (χ1v) is 10.7. The van der Waals surface area contributed by atoms with Gasteiger partial charge in [0.2, 0.25) is 5.88 Å². The molecular weight excluding hydrogens is 400 g/mol. The summed E-state index contributed by atoms with van der Waals surface area (Å²) in [6.07, 6.45) is 1.92. The van der Waals surface area contributed by atoms with Crippen LogP contribution >= 0.6 is 0 Å². The molecule has 0 saturated heterocycles. The number of para-hydroxylation sites is 1. The van der Waals surface area contributed by atoms with Gasteiger partial charge in [-0.1, -0.05) is 48.5 Å². The number of anilines is 1. The Hall–Kier alpha value is -3.99. The molecule has 0 fully saturated rings. The van der Waals surface area contributed by atoms with Crippen molar-refractivity contribution in [3.63, 3.8) is 0 Å². The van der Waals surface area contributed by atoms with E-state index >= 15 is 0 Å². The zero-order chi connectivity index (χ0) is 22.0. The Morgan fingerprint density at radius 1 is 0.812 bits per heavy atom. The number of aromatic amines is 1. The molecule has 0 aliphatic heterocycles. The summed E-state index contributed by atoms with van der Waals surface area (Å²) in [7, 11) is 0. The molecular formula is C27H22N2O3. The normalized spacial score (nSPS) is 12.3. The van der Waals surface area contributed by atoms with Crippen molar-refractivity contribution in [2.45, 2.75) is 26.3 Å². The average molecular weight is 422 g/mol. The summed E-state index contributed by atoms with van der Waals surface area (Å²) < 4.78 is 12.3. The Balaban J connectivity index is 1.78. The van der Waals surface area contributed by atoms with Gasteiger partial charge in [0.25, 0.3) is 0 Å². The van der Waals surface area contributed by atoms with Gasteiger partial charge in [0.1, 0.15) is 11.0 Å². The van der Waals surface area contributed by atoms with Gasteiger partial charge in [-0.2, -0.15) is 0 Å². The Kier molecular flexibility index (Phi) is 3.81. The minimum atomic E-state index is -0.408. The number of furan rings is 1. The fraction of sp³-hybridized carbons (Fsp3) is 0.148. The monoisotopic (exact) mass is 422 g/mol. The van der Waals surface area contributed by atoms with Crippen LogP contribution in [0.25, 0.3) is 54.7 Å². The molecule has 6 aromatic rings. The van der Waals surface area contributed by atoms with Crippen LogP contribution in [-0.2, 0) is 0 Å². The molecule has 3 heterocycles. The average Bonchev–Trinajstić information content (AvgIpc) is 3.34. The molecule has 0 amide bonds. The zero-order valence-corrected chi connectivity index (χ0v) is 18.1. The third-order valence-electron chi connectivity index (χ3n) is 5.78. The molecule has 5 heteroatoms. The first-order valence-electron chi connectivity index (χ1n) is 10.7. The lowest BCUT2D eigenvalue weighted by Crippen LogP contribution is -2.26. The molecule has 0 spiro atoms. The number of H-pyrrole nitrogens is 1. The molecule has 6 rings (SSSR count). The highest BCUT2D eigenvalue weighted by molar-refractivity contribution is 6.17. The zero-order valence-electron chi connectivity index (χ0n) is 18.1. The van der Waals surface area contributed by atoms with E-state index in [1.165, 1.54) is 0 Å². The van der Waals surface area contributed by atoms with Gasteiger partial charge in [0, 0.05) is 33.6 Å². The molecule has 0 radical (unpaired) electrons. The second-order valence-corrected chi connectivity index (χ2v) is 9.19. The topological polar surface area (TPSA) is 71.2 Å². The van der Waals surface area contributed by atoms with E-state index in [2.05, 4.69) is 31.1 Å². The Morgan fingerprint density at radius 2 is 1.56 bits per heavy atom. The highest BCUT2D eigenvalue weighted by atomic mass is 16.4. The number of fused-ring (bicyclic) bond motifs is 6. The highest BCUT2D eigenvalue weighted by Gasteiger charge is 2.27. The van der Waals surface area contributed by atoms with Crippen LogP contribution in [0.5, 0.6) is 0 Å². The summed E-state index contributed by atoms with van der Waals surface area (Å²) >= 11 is 0. The Labute approximate surface area is 183 Å². The minimum absolute atomic E-state index is 0.266. The highest BCUT2D eigenvalue weighted by Crippen LogP contribution is 2.43. The molecule has 3 aromatic heterocycles. The summed E-state index contributed by atoms with van der Waals surface area (Å²) in [5.74, 6) is 0.560. The molecule has 0 atom stereocenters. The van der Waals surface area contributed by atoms with Crippen molar-refractivity contribution < 1.29 is 8.83 Å². The second-order valence-electron chi connectivity index (χ2n) is 9.19. The van der Waals surface area contributed by atoms with Crippen molar-refractivity contribution in [2.75, 3.05) is 5.32 Å². The first-order chi connectivity index (χ1) is 15.4. The maximum atomic E-state index is 13.4. The molecule has 3 aromatic carbocycles. The lowest BCUT2D eigenvalue weighted by atomic mass is 10.0. The minimum Gasteiger partial charge on any atom is -0.439 e. The first kappa shape index (κ1) is 18.8. The van der Waals surface area contributed by atoms with Gasteiger partial charge in [-0.15, -0.1) is 0 Å². The third kappa shape index (κ3) is 2.74. The molecule has 0 unspecified atom stereocenters. The molecule has 0 bridgehead atoms. The predicted molar refractivity (Wildman–Crippen MR) is 130 cm³/mol. The smallest absolute Gasteiger partial charge is 0.348 e. The van der Waals surface area contributed by atoms with Gasteiger partial charge in [0.05, 0.1) is 10.9 Å². The number of rotatable bonds is 2. The van der Waals surface area contributed by atoms with Crippen molar-refractivity contribution in [1.82, 2.24) is 4.98 Å². The van der Waals surface area contributed by atoms with E-state index in [1.807, 2.05) is 66.9 Å². The largest absolute Gasteiger partial charge is 0.439 e. The summed E-state index contributed by atoms with van der Waals surface area (Å²) in [5.41, 5.74) is 3.02. The van der Waals surface area contributed by atoms with E-state index < -0.39 is 5.63 Å². The van der Waals surface area contributed by atoms with E-state index in [0.29, 0.717) is 22.4 Å². The van der Waals surface area contributed by atoms with Crippen LogP contribution in [0.4, 0.5) is 5.88 Å². The molecule has 158 valence electrons. The van der Waals surface area contributed by atoms with Gasteiger partial charge in [-0.25, -0.2) is 4.79 Å². The van der Waals surface area contributed by atoms with Crippen LogP contribution in [-0.4, -0.2) is 10.5 Å². The van der Waals surface area contributed by atoms with Crippen molar-refractivity contribution in [3.8, 4) is 11.1 Å². The Morgan fingerprint density at radius 3 is 2.38 bits per heavy atom. The number of nitrogens with one attached hydrogen (secondary N) is 2.